The van der Waals surface area contributed by atoms with E-state index in [4.69, 9.17) is 16.3 Å². The summed E-state index contributed by atoms with van der Waals surface area (Å²) in [5.41, 5.74) is 1.07. The fraction of sp³-hybridized carbons (Fsp3) is 0.176. The van der Waals surface area contributed by atoms with Gasteiger partial charge in [-0.2, -0.15) is 0 Å². The van der Waals surface area contributed by atoms with E-state index in [-0.39, 0.29) is 5.78 Å². The van der Waals surface area contributed by atoms with Gasteiger partial charge in [0.25, 0.3) is 0 Å². The van der Waals surface area contributed by atoms with Crippen molar-refractivity contribution in [2.75, 3.05) is 0 Å². The van der Waals surface area contributed by atoms with E-state index in [2.05, 4.69) is 0 Å². The lowest BCUT2D eigenvalue weighted by molar-refractivity contribution is 0.0786. The Morgan fingerprint density at radius 1 is 1.24 bits per heavy atom. The Kier molecular flexibility index (Phi) is 5.12. The normalized spacial score (nSPS) is 11.7. The molecule has 1 unspecified atom stereocenters. The molecule has 0 radical (unpaired) electrons. The minimum atomic E-state index is -0.605. The molecule has 0 spiro atoms. The summed E-state index contributed by atoms with van der Waals surface area (Å²) in [6.07, 6.45) is 0.633. The molecule has 3 nitrogen and oxygen atoms in total. The molecule has 0 amide bonds. The van der Waals surface area contributed by atoms with Crippen LogP contribution in [0, 0.1) is 0 Å². The Morgan fingerprint density at radius 3 is 2.52 bits per heavy atom. The topological polar surface area (TPSA) is 43.4 Å². The highest BCUT2D eigenvalue weighted by Crippen LogP contribution is 2.27. The van der Waals surface area contributed by atoms with Gasteiger partial charge in [-0.3, -0.25) is 9.59 Å². The first-order chi connectivity index (χ1) is 10.2. The van der Waals surface area contributed by atoms with Crippen molar-refractivity contribution in [3.05, 3.63) is 64.7 Å². The van der Waals surface area contributed by atoms with Crippen molar-refractivity contribution in [2.24, 2.45) is 0 Å². The molecule has 0 aliphatic heterocycles. The van der Waals surface area contributed by atoms with Crippen molar-refractivity contribution >= 4 is 23.7 Å². The summed E-state index contributed by atoms with van der Waals surface area (Å²) >= 11 is 6.06. The van der Waals surface area contributed by atoms with Gasteiger partial charge in [0.15, 0.2) is 6.10 Å². The number of benzene rings is 2. The van der Waals surface area contributed by atoms with E-state index in [0.717, 1.165) is 0 Å². The van der Waals surface area contributed by atoms with Crippen LogP contribution in [0.3, 0.4) is 0 Å². The van der Waals surface area contributed by atoms with Crippen molar-refractivity contribution < 1.29 is 14.3 Å². The Bertz CT molecular complexity index is 638. The van der Waals surface area contributed by atoms with E-state index in [1.807, 2.05) is 25.1 Å². The number of ketones is 1. The van der Waals surface area contributed by atoms with Crippen LogP contribution in [0.5, 0.6) is 5.75 Å². The van der Waals surface area contributed by atoms with Crippen LogP contribution >= 0.6 is 11.6 Å². The lowest BCUT2D eigenvalue weighted by atomic mass is 10.0. The summed E-state index contributed by atoms with van der Waals surface area (Å²) in [5.74, 6) is 0.312. The van der Waals surface area contributed by atoms with Crippen molar-refractivity contribution in [3.63, 3.8) is 0 Å². The van der Waals surface area contributed by atoms with Crippen molar-refractivity contribution in [3.8, 4) is 5.75 Å². The summed E-state index contributed by atoms with van der Waals surface area (Å²) in [6.45, 7) is 1.87. The van der Waals surface area contributed by atoms with Gasteiger partial charge in [-0.15, -0.1) is 0 Å². The van der Waals surface area contributed by atoms with Crippen molar-refractivity contribution in [1.29, 1.82) is 0 Å². The molecule has 0 aliphatic carbocycles. The molecule has 2 aromatic rings. The molecule has 0 saturated carbocycles. The molecule has 0 fully saturated rings. The van der Waals surface area contributed by atoms with Gasteiger partial charge in [-0.1, -0.05) is 48.9 Å². The quantitative estimate of drug-likeness (QED) is 0.593. The Labute approximate surface area is 128 Å². The van der Waals surface area contributed by atoms with Crippen LogP contribution in [-0.2, 0) is 0 Å². The van der Waals surface area contributed by atoms with Crippen LogP contribution < -0.4 is 4.74 Å². The molecule has 0 N–H and O–H groups in total. The predicted molar refractivity (Wildman–Crippen MR) is 82.3 cm³/mol. The first-order valence-electron chi connectivity index (χ1n) is 6.66. The van der Waals surface area contributed by atoms with Gasteiger partial charge in [0, 0.05) is 11.1 Å². The number of aldehydes is 1. The summed E-state index contributed by atoms with van der Waals surface area (Å²) in [6, 6.07) is 13.7. The third kappa shape index (κ3) is 3.70. The largest absolute Gasteiger partial charge is 0.481 e. The molecule has 21 heavy (non-hydrogen) atoms. The molecular formula is C17H15ClO3. The van der Waals surface area contributed by atoms with Gasteiger partial charge < -0.3 is 4.74 Å². The molecule has 0 aromatic heterocycles. The number of hydrogen-bond donors (Lipinski definition) is 0. The first kappa shape index (κ1) is 15.3. The average molecular weight is 303 g/mol. The highest BCUT2D eigenvalue weighted by molar-refractivity contribution is 6.32. The zero-order valence-electron chi connectivity index (χ0n) is 11.6. The van der Waals surface area contributed by atoms with E-state index in [1.54, 1.807) is 24.3 Å². The van der Waals surface area contributed by atoms with Crippen molar-refractivity contribution in [1.82, 2.24) is 0 Å². The van der Waals surface area contributed by atoms with E-state index in [9.17, 15) is 9.59 Å². The fourth-order valence-electron chi connectivity index (χ4n) is 1.95. The number of carbonyl (C=O) groups is 2. The van der Waals surface area contributed by atoms with Crippen molar-refractivity contribution in [2.45, 2.75) is 19.4 Å². The Hall–Kier alpha value is -2.13. The Balaban J connectivity index is 2.19. The predicted octanol–water partition coefficient (Wildman–Crippen LogP) is 4.19. The second-order valence-electron chi connectivity index (χ2n) is 4.55. The minimum absolute atomic E-state index is 0.0892. The minimum Gasteiger partial charge on any atom is -0.481 e. The van der Waals surface area contributed by atoms with Crippen LogP contribution in [0.4, 0.5) is 0 Å². The van der Waals surface area contributed by atoms with Crippen LogP contribution in [0.25, 0.3) is 0 Å². The molecule has 108 valence electrons. The maximum Gasteiger partial charge on any atom is 0.203 e. The molecular weight excluding hydrogens is 288 g/mol. The SMILES string of the molecule is CCC(Oc1ccc(C=O)cc1Cl)C(=O)c1ccccc1. The summed E-state index contributed by atoms with van der Waals surface area (Å²) in [5, 5.41) is 0.318. The Morgan fingerprint density at radius 2 is 1.95 bits per heavy atom. The number of rotatable bonds is 6. The molecule has 0 heterocycles. The van der Waals surface area contributed by atoms with E-state index >= 15 is 0 Å². The van der Waals surface area contributed by atoms with Crippen LogP contribution in [0.15, 0.2) is 48.5 Å². The van der Waals surface area contributed by atoms with Gasteiger partial charge in [-0.05, 0) is 24.6 Å². The zero-order valence-corrected chi connectivity index (χ0v) is 12.3. The summed E-state index contributed by atoms with van der Waals surface area (Å²) < 4.78 is 5.71. The second-order valence-corrected chi connectivity index (χ2v) is 4.96. The molecule has 1 atom stereocenters. The van der Waals surface area contributed by atoms with Crippen LogP contribution in [0.1, 0.15) is 34.1 Å². The number of halogens is 1. The maximum atomic E-state index is 12.4. The monoisotopic (exact) mass is 302 g/mol. The number of Topliss-reactive ketones (excluding diaryl/α,β-unsaturated/α-hetero) is 1. The lowest BCUT2D eigenvalue weighted by Gasteiger charge is -2.17. The third-order valence-electron chi connectivity index (χ3n) is 3.08. The van der Waals surface area contributed by atoms with Gasteiger partial charge in [0.1, 0.15) is 12.0 Å². The number of ether oxygens (including phenoxy) is 1. The molecule has 2 rings (SSSR count). The van der Waals surface area contributed by atoms with E-state index in [0.29, 0.717) is 34.6 Å². The first-order valence-corrected chi connectivity index (χ1v) is 7.04. The summed E-state index contributed by atoms with van der Waals surface area (Å²) in [7, 11) is 0. The molecule has 2 aromatic carbocycles. The van der Waals surface area contributed by atoms with Gasteiger partial charge in [-0.25, -0.2) is 0 Å². The standard InChI is InChI=1S/C17H15ClO3/c1-2-15(17(20)13-6-4-3-5-7-13)21-16-9-8-12(11-19)10-14(16)18/h3-11,15H,2H2,1H3. The summed E-state index contributed by atoms with van der Waals surface area (Å²) in [4.78, 5) is 23.1. The zero-order chi connectivity index (χ0) is 15.2. The molecule has 0 aliphatic rings. The maximum absolute atomic E-state index is 12.4. The van der Waals surface area contributed by atoms with Crippen LogP contribution in [0.2, 0.25) is 5.02 Å². The molecule has 0 saturated heterocycles. The lowest BCUT2D eigenvalue weighted by Crippen LogP contribution is -2.26. The number of hydrogen-bond acceptors (Lipinski definition) is 3. The average Bonchev–Trinajstić information content (AvgIpc) is 2.54. The van der Waals surface area contributed by atoms with Crippen LogP contribution in [-0.4, -0.2) is 18.2 Å². The fourth-order valence-corrected chi connectivity index (χ4v) is 2.18. The number of carbonyl (C=O) groups excluding carboxylic acids is 2. The van der Waals surface area contributed by atoms with E-state index in [1.165, 1.54) is 6.07 Å². The molecule has 4 heteroatoms. The highest BCUT2D eigenvalue weighted by Gasteiger charge is 2.21. The van der Waals surface area contributed by atoms with Gasteiger partial charge in [0.05, 0.1) is 5.02 Å². The highest BCUT2D eigenvalue weighted by atomic mass is 35.5. The second kappa shape index (κ2) is 7.04. The smallest absolute Gasteiger partial charge is 0.203 e. The third-order valence-corrected chi connectivity index (χ3v) is 3.38. The van der Waals surface area contributed by atoms with E-state index < -0.39 is 6.10 Å². The van der Waals surface area contributed by atoms with Gasteiger partial charge in [0.2, 0.25) is 5.78 Å². The van der Waals surface area contributed by atoms with Gasteiger partial charge >= 0.3 is 0 Å². The molecule has 0 bridgehead atoms.